The number of methoxy groups -OCH3 is 1. The SMILES string of the molecule is CN=C(NCCc1ccc(OC)cc1)NCc1ccc(C)cc1OCC1CCOC1.I. The normalized spacial score (nSPS) is 15.8. The first-order valence-electron chi connectivity index (χ1n) is 10.6. The number of aryl methyl sites for hydroxylation is 1. The van der Waals surface area contributed by atoms with Crippen LogP contribution in [-0.4, -0.2) is 46.5 Å². The van der Waals surface area contributed by atoms with Crippen LogP contribution in [-0.2, 0) is 17.7 Å². The van der Waals surface area contributed by atoms with Crippen LogP contribution in [0.3, 0.4) is 0 Å². The topological polar surface area (TPSA) is 64.1 Å². The molecule has 7 heteroatoms. The summed E-state index contributed by atoms with van der Waals surface area (Å²) in [4.78, 5) is 4.33. The van der Waals surface area contributed by atoms with Gasteiger partial charge in [-0.2, -0.15) is 0 Å². The van der Waals surface area contributed by atoms with E-state index in [0.717, 1.165) is 55.6 Å². The molecule has 0 saturated carbocycles. The van der Waals surface area contributed by atoms with Gasteiger partial charge in [-0.1, -0.05) is 24.3 Å². The standard InChI is InChI=1S/C24H33N3O3.HI/c1-18-4-7-21(23(14-18)30-17-20-11-13-29-16-20)15-27-24(25-2)26-12-10-19-5-8-22(28-3)9-6-19;/h4-9,14,20H,10-13,15-17H2,1-3H3,(H2,25,26,27);1H. The van der Waals surface area contributed by atoms with E-state index in [4.69, 9.17) is 14.2 Å². The summed E-state index contributed by atoms with van der Waals surface area (Å²) in [6, 6.07) is 14.5. The molecule has 0 aliphatic carbocycles. The van der Waals surface area contributed by atoms with Crippen molar-refractivity contribution < 1.29 is 14.2 Å². The maximum absolute atomic E-state index is 6.14. The van der Waals surface area contributed by atoms with Gasteiger partial charge < -0.3 is 24.8 Å². The molecule has 2 N–H and O–H groups in total. The zero-order valence-corrected chi connectivity index (χ0v) is 21.0. The molecule has 0 spiro atoms. The summed E-state index contributed by atoms with van der Waals surface area (Å²) in [6.07, 6.45) is 1.98. The van der Waals surface area contributed by atoms with Crippen molar-refractivity contribution in [2.45, 2.75) is 26.3 Å². The molecule has 2 aromatic rings. The van der Waals surface area contributed by atoms with E-state index in [1.54, 1.807) is 14.2 Å². The minimum atomic E-state index is 0. The Morgan fingerprint density at radius 1 is 1.16 bits per heavy atom. The molecule has 1 heterocycles. The molecule has 1 fully saturated rings. The molecule has 0 amide bonds. The minimum absolute atomic E-state index is 0. The number of rotatable bonds is 9. The Bertz CT molecular complexity index is 821. The van der Waals surface area contributed by atoms with Gasteiger partial charge in [0.25, 0.3) is 0 Å². The maximum atomic E-state index is 6.14. The molecule has 170 valence electrons. The number of benzene rings is 2. The summed E-state index contributed by atoms with van der Waals surface area (Å²) < 4.78 is 16.8. The highest BCUT2D eigenvalue weighted by atomic mass is 127. The van der Waals surface area contributed by atoms with E-state index in [-0.39, 0.29) is 24.0 Å². The van der Waals surface area contributed by atoms with Crippen molar-refractivity contribution in [1.82, 2.24) is 10.6 Å². The first-order valence-corrected chi connectivity index (χ1v) is 10.6. The van der Waals surface area contributed by atoms with Crippen LogP contribution in [0.1, 0.15) is 23.1 Å². The van der Waals surface area contributed by atoms with Gasteiger partial charge in [-0.15, -0.1) is 24.0 Å². The molecule has 1 aliphatic heterocycles. The lowest BCUT2D eigenvalue weighted by Crippen LogP contribution is -2.38. The Kier molecular flexibility index (Phi) is 10.9. The molecule has 1 aliphatic rings. The number of hydrogen-bond acceptors (Lipinski definition) is 4. The summed E-state index contributed by atoms with van der Waals surface area (Å²) >= 11 is 0. The van der Waals surface area contributed by atoms with E-state index >= 15 is 0 Å². The second kappa shape index (κ2) is 13.4. The molecule has 31 heavy (non-hydrogen) atoms. The van der Waals surface area contributed by atoms with Gasteiger partial charge in [0.15, 0.2) is 5.96 Å². The highest BCUT2D eigenvalue weighted by Crippen LogP contribution is 2.22. The molecular formula is C24H34IN3O3. The first-order chi connectivity index (χ1) is 14.7. The monoisotopic (exact) mass is 539 g/mol. The van der Waals surface area contributed by atoms with Crippen molar-refractivity contribution in [3.05, 3.63) is 59.2 Å². The Labute approximate surface area is 202 Å². The van der Waals surface area contributed by atoms with Crippen LogP contribution in [0.2, 0.25) is 0 Å². The molecule has 6 nitrogen and oxygen atoms in total. The maximum Gasteiger partial charge on any atom is 0.191 e. The number of hydrogen-bond donors (Lipinski definition) is 2. The highest BCUT2D eigenvalue weighted by Gasteiger charge is 2.17. The van der Waals surface area contributed by atoms with Gasteiger partial charge in [-0.25, -0.2) is 0 Å². The average Bonchev–Trinajstić information content (AvgIpc) is 3.29. The fourth-order valence-electron chi connectivity index (χ4n) is 3.38. The minimum Gasteiger partial charge on any atom is -0.497 e. The zero-order valence-electron chi connectivity index (χ0n) is 18.6. The Hall–Kier alpha value is -2.00. The summed E-state index contributed by atoms with van der Waals surface area (Å²) in [5.41, 5.74) is 3.57. The lowest BCUT2D eigenvalue weighted by atomic mass is 10.1. The lowest BCUT2D eigenvalue weighted by molar-refractivity contribution is 0.166. The molecule has 0 aromatic heterocycles. The van der Waals surface area contributed by atoms with Gasteiger partial charge in [0, 0.05) is 38.2 Å². The molecule has 1 unspecified atom stereocenters. The van der Waals surface area contributed by atoms with Gasteiger partial charge in [-0.3, -0.25) is 4.99 Å². The number of aliphatic imine (C=N–C) groups is 1. The molecule has 2 aromatic carbocycles. The Morgan fingerprint density at radius 3 is 2.65 bits per heavy atom. The van der Waals surface area contributed by atoms with Crippen molar-refractivity contribution in [2.75, 3.05) is 40.5 Å². The molecule has 0 bridgehead atoms. The van der Waals surface area contributed by atoms with Crippen molar-refractivity contribution in [2.24, 2.45) is 10.9 Å². The van der Waals surface area contributed by atoms with Gasteiger partial charge in [0.1, 0.15) is 11.5 Å². The van der Waals surface area contributed by atoms with Gasteiger partial charge in [0.2, 0.25) is 0 Å². The Morgan fingerprint density at radius 2 is 1.97 bits per heavy atom. The zero-order chi connectivity index (χ0) is 21.2. The van der Waals surface area contributed by atoms with Crippen LogP contribution in [0.4, 0.5) is 0 Å². The average molecular weight is 539 g/mol. The van der Waals surface area contributed by atoms with Crippen LogP contribution < -0.4 is 20.1 Å². The number of nitrogens with zero attached hydrogens (tertiary/aromatic N) is 1. The molecular weight excluding hydrogens is 505 g/mol. The van der Waals surface area contributed by atoms with Crippen LogP contribution in [0, 0.1) is 12.8 Å². The summed E-state index contributed by atoms with van der Waals surface area (Å²) in [5, 5.41) is 6.77. The third-order valence-electron chi connectivity index (χ3n) is 5.26. The second-order valence-electron chi connectivity index (χ2n) is 7.60. The largest absolute Gasteiger partial charge is 0.497 e. The lowest BCUT2D eigenvalue weighted by Gasteiger charge is -2.17. The van der Waals surface area contributed by atoms with E-state index in [9.17, 15) is 0 Å². The molecule has 1 saturated heterocycles. The highest BCUT2D eigenvalue weighted by molar-refractivity contribution is 14.0. The second-order valence-corrected chi connectivity index (χ2v) is 7.60. The van der Waals surface area contributed by atoms with Crippen LogP contribution >= 0.6 is 24.0 Å². The summed E-state index contributed by atoms with van der Waals surface area (Å²) in [6.45, 7) is 5.87. The van der Waals surface area contributed by atoms with E-state index in [1.807, 2.05) is 12.1 Å². The fraction of sp³-hybridized carbons (Fsp3) is 0.458. The van der Waals surface area contributed by atoms with Crippen LogP contribution in [0.5, 0.6) is 11.5 Å². The predicted molar refractivity (Wildman–Crippen MR) is 136 cm³/mol. The van der Waals surface area contributed by atoms with Crippen LogP contribution in [0.15, 0.2) is 47.5 Å². The third-order valence-corrected chi connectivity index (χ3v) is 5.26. The van der Waals surface area contributed by atoms with Crippen molar-refractivity contribution in [1.29, 1.82) is 0 Å². The van der Waals surface area contributed by atoms with E-state index in [0.29, 0.717) is 19.1 Å². The number of guanidine groups is 1. The van der Waals surface area contributed by atoms with Gasteiger partial charge in [0.05, 0.1) is 20.3 Å². The molecule has 1 atom stereocenters. The fourth-order valence-corrected chi connectivity index (χ4v) is 3.38. The first kappa shape index (κ1) is 25.3. The van der Waals surface area contributed by atoms with Crippen molar-refractivity contribution in [3.63, 3.8) is 0 Å². The van der Waals surface area contributed by atoms with E-state index < -0.39 is 0 Å². The summed E-state index contributed by atoms with van der Waals surface area (Å²) in [7, 11) is 3.47. The van der Waals surface area contributed by atoms with Crippen molar-refractivity contribution >= 4 is 29.9 Å². The Balaban J connectivity index is 0.00000341. The number of nitrogens with one attached hydrogen (secondary N) is 2. The third kappa shape index (κ3) is 8.22. The quantitative estimate of drug-likeness (QED) is 0.287. The van der Waals surface area contributed by atoms with Crippen molar-refractivity contribution in [3.8, 4) is 11.5 Å². The number of ether oxygens (including phenoxy) is 3. The summed E-state index contributed by atoms with van der Waals surface area (Å²) in [5.74, 6) is 3.07. The number of halogens is 1. The molecule has 0 radical (unpaired) electrons. The van der Waals surface area contributed by atoms with Gasteiger partial charge >= 0.3 is 0 Å². The predicted octanol–water partition coefficient (Wildman–Crippen LogP) is 3.94. The smallest absolute Gasteiger partial charge is 0.191 e. The van der Waals surface area contributed by atoms with E-state index in [1.165, 1.54) is 11.1 Å². The van der Waals surface area contributed by atoms with Crippen LogP contribution in [0.25, 0.3) is 0 Å². The molecule has 3 rings (SSSR count). The van der Waals surface area contributed by atoms with Gasteiger partial charge in [-0.05, 0) is 49.1 Å². The van der Waals surface area contributed by atoms with E-state index in [2.05, 4.69) is 52.9 Å².